The van der Waals surface area contributed by atoms with Crippen molar-refractivity contribution in [1.29, 1.82) is 0 Å². The highest BCUT2D eigenvalue weighted by Crippen LogP contribution is 2.48. The first-order chi connectivity index (χ1) is 38.1. The van der Waals surface area contributed by atoms with Crippen LogP contribution in [0.3, 0.4) is 0 Å². The third-order valence-electron chi connectivity index (χ3n) is 13.6. The van der Waals surface area contributed by atoms with Gasteiger partial charge in [0.25, 0.3) is 0 Å². The normalized spacial score (nSPS) is 14.6. The Morgan fingerprint density at radius 1 is 0.256 bits per heavy atom. The van der Waals surface area contributed by atoms with Crippen LogP contribution in [0.4, 0.5) is 0 Å². The molecule has 78 heavy (non-hydrogen) atoms. The van der Waals surface area contributed by atoms with E-state index in [0.717, 1.165) is 88.7 Å². The predicted octanol–water partition coefficient (Wildman–Crippen LogP) is 17.8. The molecule has 5 aromatic carbocycles. The fourth-order valence-corrected chi connectivity index (χ4v) is 10.9. The van der Waals surface area contributed by atoms with Crippen molar-refractivity contribution in [3.8, 4) is 28.7 Å². The van der Waals surface area contributed by atoms with Gasteiger partial charge in [-0.3, -0.25) is 9.05 Å². The van der Waals surface area contributed by atoms with Crippen LogP contribution in [0.5, 0.6) is 28.7 Å². The lowest BCUT2D eigenvalue weighted by molar-refractivity contribution is 0.0188. The molecular weight excluding hydrogens is 1050 g/mol. The molecule has 0 fully saturated rings. The number of benzene rings is 5. The van der Waals surface area contributed by atoms with Gasteiger partial charge in [-0.15, -0.1) is 0 Å². The van der Waals surface area contributed by atoms with Crippen LogP contribution in [-0.2, 0) is 37.0 Å². The SMILES string of the molecule is CCC(C)c1ccccc1OP(OCCOCCOCCOP(Oc1ccccc1C(C)CC)Oc1ccccc1C(C)CC)OCCOCCOCCOP(Oc1ccccc1C(C)CC)Oc1ccccc1C(C)CC. The Labute approximate surface area is 471 Å². The number of hydrogen-bond acceptors (Lipinski definition) is 13. The molecule has 5 unspecified atom stereocenters. The fraction of sp³-hybridized carbons (Fsp3) is 0.516. The summed E-state index contributed by atoms with van der Waals surface area (Å²) in [5.41, 5.74) is 5.61. The summed E-state index contributed by atoms with van der Waals surface area (Å²) in [6.07, 6.45) is 4.92. The first-order valence-electron chi connectivity index (χ1n) is 28.2. The largest absolute Gasteiger partial charge is 0.463 e. The smallest absolute Gasteiger partial charge is 0.426 e. The second-order valence-electron chi connectivity index (χ2n) is 19.1. The van der Waals surface area contributed by atoms with Gasteiger partial charge in [-0.2, -0.15) is 0 Å². The fourth-order valence-electron chi connectivity index (χ4n) is 7.91. The zero-order valence-electron chi connectivity index (χ0n) is 48.1. The van der Waals surface area contributed by atoms with Crippen molar-refractivity contribution in [1.82, 2.24) is 0 Å². The Bertz CT molecular complexity index is 2130. The van der Waals surface area contributed by atoms with E-state index < -0.39 is 25.8 Å². The summed E-state index contributed by atoms with van der Waals surface area (Å²) >= 11 is 0. The summed E-state index contributed by atoms with van der Waals surface area (Å²) in [6, 6.07) is 40.4. The molecule has 13 nitrogen and oxygen atoms in total. The summed E-state index contributed by atoms with van der Waals surface area (Å²) < 4.78 is 80.8. The van der Waals surface area contributed by atoms with E-state index in [-0.39, 0.29) is 26.4 Å². The summed E-state index contributed by atoms with van der Waals surface area (Å²) in [7, 11) is -5.31. The standard InChI is InChI=1S/C62H89O13P3/c1-11-48(6)53-26-16-21-31-58(53)71-76(67-44-40-63-36-38-65-42-46-69-77(72-59-32-22-17-27-54(59)49(7)12-2)73-60-33-23-18-28-55(60)50(8)13-3)68-45-41-64-37-39-66-43-47-70-78(74-61-34-24-19-29-56(61)51(9)14-4)75-62-35-25-20-30-57(62)52(10)15-5/h16-35,48-52H,11-15,36-47H2,1-10H3. The third kappa shape index (κ3) is 22.5. The van der Waals surface area contributed by atoms with Gasteiger partial charge < -0.3 is 50.6 Å². The van der Waals surface area contributed by atoms with Crippen LogP contribution >= 0.6 is 25.8 Å². The van der Waals surface area contributed by atoms with Crippen LogP contribution in [0, 0.1) is 0 Å². The van der Waals surface area contributed by atoms with Gasteiger partial charge >= 0.3 is 25.8 Å². The third-order valence-corrected chi connectivity index (χ3v) is 16.9. The lowest BCUT2D eigenvalue weighted by Gasteiger charge is -2.23. The highest BCUT2D eigenvalue weighted by atomic mass is 31.2. The summed E-state index contributed by atoms with van der Waals surface area (Å²) in [6.45, 7) is 25.8. The minimum absolute atomic E-state index is 0.263. The molecule has 0 aliphatic heterocycles. The van der Waals surface area contributed by atoms with Gasteiger partial charge in [-0.05, 0) is 120 Å². The van der Waals surface area contributed by atoms with Crippen molar-refractivity contribution in [2.24, 2.45) is 0 Å². The van der Waals surface area contributed by atoms with Gasteiger partial charge in [-0.25, -0.2) is 0 Å². The Hall–Kier alpha value is -3.93. The Morgan fingerprint density at radius 2 is 0.436 bits per heavy atom. The van der Waals surface area contributed by atoms with Crippen molar-refractivity contribution in [3.05, 3.63) is 149 Å². The minimum atomic E-state index is -1.78. The van der Waals surface area contributed by atoms with E-state index in [9.17, 15) is 0 Å². The molecule has 0 radical (unpaired) electrons. The van der Waals surface area contributed by atoms with Crippen molar-refractivity contribution < 1.29 is 59.7 Å². The molecule has 0 aliphatic carbocycles. The van der Waals surface area contributed by atoms with Crippen molar-refractivity contribution in [2.45, 2.75) is 131 Å². The zero-order valence-corrected chi connectivity index (χ0v) is 50.8. The molecule has 0 aromatic heterocycles. The van der Waals surface area contributed by atoms with E-state index in [1.807, 2.05) is 91.0 Å². The van der Waals surface area contributed by atoms with Gasteiger partial charge in [0.1, 0.15) is 28.7 Å². The average Bonchev–Trinajstić information content (AvgIpc) is 3.47. The summed E-state index contributed by atoms with van der Waals surface area (Å²) in [5, 5.41) is 0. The lowest BCUT2D eigenvalue weighted by atomic mass is 9.98. The van der Waals surface area contributed by atoms with E-state index in [4.69, 9.17) is 59.7 Å². The minimum Gasteiger partial charge on any atom is -0.426 e. The van der Waals surface area contributed by atoms with Gasteiger partial charge in [0.05, 0.1) is 79.3 Å². The van der Waals surface area contributed by atoms with Gasteiger partial charge in [0.2, 0.25) is 0 Å². The molecule has 430 valence electrons. The first-order valence-corrected chi connectivity index (χ1v) is 31.5. The maximum absolute atomic E-state index is 6.49. The molecule has 0 spiro atoms. The monoisotopic (exact) mass is 1130 g/mol. The molecule has 16 heteroatoms. The van der Waals surface area contributed by atoms with Crippen LogP contribution in [0.2, 0.25) is 0 Å². The maximum Gasteiger partial charge on any atom is 0.463 e. The number of rotatable bonds is 42. The van der Waals surface area contributed by atoms with Gasteiger partial charge in [0.15, 0.2) is 0 Å². The Balaban J connectivity index is 1.03. The average molecular weight is 1140 g/mol. The van der Waals surface area contributed by atoms with Crippen LogP contribution < -0.4 is 22.6 Å². The van der Waals surface area contributed by atoms with E-state index in [2.05, 4.69) is 99.6 Å². The molecule has 0 saturated carbocycles. The predicted molar refractivity (Wildman–Crippen MR) is 317 cm³/mol. The Kier molecular flexibility index (Phi) is 31.5. The van der Waals surface area contributed by atoms with E-state index in [0.29, 0.717) is 82.4 Å². The molecular formula is C62H89O13P3. The van der Waals surface area contributed by atoms with E-state index >= 15 is 0 Å². The van der Waals surface area contributed by atoms with Crippen LogP contribution in [0.25, 0.3) is 0 Å². The van der Waals surface area contributed by atoms with E-state index in [1.54, 1.807) is 0 Å². The topological polar surface area (TPSA) is 120 Å². The van der Waals surface area contributed by atoms with Crippen LogP contribution in [0.15, 0.2) is 121 Å². The molecule has 0 bridgehead atoms. The molecule has 0 N–H and O–H groups in total. The van der Waals surface area contributed by atoms with Crippen molar-refractivity contribution >= 4 is 25.8 Å². The quantitative estimate of drug-likeness (QED) is 0.0273. The number of para-hydroxylation sites is 5. The molecule has 0 amide bonds. The second-order valence-corrected chi connectivity index (χ2v) is 22.4. The second kappa shape index (κ2) is 37.9. The molecule has 0 saturated heterocycles. The molecule has 5 aromatic rings. The molecule has 5 rings (SSSR count). The van der Waals surface area contributed by atoms with Crippen LogP contribution in [0.1, 0.15) is 159 Å². The molecule has 5 atom stereocenters. The first kappa shape index (κ1) is 64.9. The Morgan fingerprint density at radius 3 is 0.654 bits per heavy atom. The highest BCUT2D eigenvalue weighted by molar-refractivity contribution is 7.43. The summed E-state index contributed by atoms with van der Waals surface area (Å²) in [4.78, 5) is 0. The van der Waals surface area contributed by atoms with E-state index in [1.165, 1.54) is 0 Å². The lowest BCUT2D eigenvalue weighted by Crippen LogP contribution is -2.13. The van der Waals surface area contributed by atoms with Crippen molar-refractivity contribution in [2.75, 3.05) is 79.3 Å². The summed E-state index contributed by atoms with van der Waals surface area (Å²) in [5.74, 6) is 5.41. The zero-order chi connectivity index (χ0) is 55.7. The van der Waals surface area contributed by atoms with Crippen molar-refractivity contribution in [3.63, 3.8) is 0 Å². The maximum atomic E-state index is 6.49. The molecule has 0 aliphatic rings. The molecule has 0 heterocycles. The number of hydrogen-bond donors (Lipinski definition) is 0. The number of ether oxygens (including phenoxy) is 4. The van der Waals surface area contributed by atoms with Crippen LogP contribution in [-0.4, -0.2) is 79.3 Å². The van der Waals surface area contributed by atoms with Gasteiger partial charge in [0, 0.05) is 0 Å². The van der Waals surface area contributed by atoms with Gasteiger partial charge in [-0.1, -0.05) is 160 Å². The highest BCUT2D eigenvalue weighted by Gasteiger charge is 2.25.